The molecular weight excluding hydrogens is 600 g/mol. The number of ether oxygens (including phenoxy) is 3. The fourth-order valence-corrected chi connectivity index (χ4v) is 6.62. The monoisotopic (exact) mass is 658 g/mol. The normalized spacial score (nSPS) is 18.8. The van der Waals surface area contributed by atoms with E-state index in [9.17, 15) is 19.2 Å². The molecular formula is C31H58N6O7S. The molecule has 5 N–H and O–H groups in total. The molecule has 13 nitrogen and oxygen atoms in total. The number of urea groups is 1. The van der Waals surface area contributed by atoms with Crippen LogP contribution < -0.4 is 26.6 Å². The Morgan fingerprint density at radius 2 is 1.24 bits per heavy atom. The number of rotatable bonds is 28. The van der Waals surface area contributed by atoms with Crippen LogP contribution in [0, 0.1) is 0 Å². The van der Waals surface area contributed by atoms with Crippen LogP contribution in [-0.4, -0.2) is 132 Å². The van der Waals surface area contributed by atoms with E-state index in [2.05, 4.69) is 31.5 Å². The van der Waals surface area contributed by atoms with E-state index in [1.165, 1.54) is 0 Å². The van der Waals surface area contributed by atoms with Crippen molar-refractivity contribution in [3.8, 4) is 0 Å². The van der Waals surface area contributed by atoms with Gasteiger partial charge in [0.15, 0.2) is 0 Å². The molecule has 0 aliphatic carbocycles. The Balaban J connectivity index is 1.24. The molecule has 0 bridgehead atoms. The molecule has 0 spiro atoms. The molecule has 2 saturated heterocycles. The van der Waals surface area contributed by atoms with Crippen molar-refractivity contribution in [2.75, 3.05) is 85.7 Å². The second-order valence-electron chi connectivity index (χ2n) is 11.8. The van der Waals surface area contributed by atoms with Crippen LogP contribution in [-0.2, 0) is 28.6 Å². The first-order valence-corrected chi connectivity index (χ1v) is 17.8. The maximum absolute atomic E-state index is 12.0. The average molecular weight is 659 g/mol. The predicted octanol–water partition coefficient (Wildman–Crippen LogP) is 1.40. The third kappa shape index (κ3) is 19.9. The van der Waals surface area contributed by atoms with Crippen LogP contribution in [0.25, 0.3) is 0 Å². The first-order valence-electron chi connectivity index (χ1n) is 16.7. The summed E-state index contributed by atoms with van der Waals surface area (Å²) in [7, 11) is 4.07. The fourth-order valence-electron chi connectivity index (χ4n) is 5.08. The van der Waals surface area contributed by atoms with E-state index in [1.807, 2.05) is 25.9 Å². The maximum Gasteiger partial charge on any atom is 0.315 e. The lowest BCUT2D eigenvalue weighted by Crippen LogP contribution is -2.36. The van der Waals surface area contributed by atoms with E-state index in [0.717, 1.165) is 57.2 Å². The molecule has 260 valence electrons. The number of carbonyl (C=O) groups is 4. The number of unbranched alkanes of at least 4 members (excludes halogenated alkanes) is 2. The van der Waals surface area contributed by atoms with Crippen molar-refractivity contribution in [1.29, 1.82) is 0 Å². The van der Waals surface area contributed by atoms with E-state index in [4.69, 9.17) is 14.2 Å². The molecule has 0 aromatic heterocycles. The zero-order valence-corrected chi connectivity index (χ0v) is 28.3. The van der Waals surface area contributed by atoms with Crippen molar-refractivity contribution >= 4 is 35.5 Å². The number of thioether (sulfide) groups is 1. The van der Waals surface area contributed by atoms with Crippen molar-refractivity contribution in [2.45, 2.75) is 88.0 Å². The standard InChI is InChI=1S/C31H58N6O7S/c1-37(2)17-6-5-14-32-28(39)12-7-13-29(40)34-16-9-19-43-21-23-44-22-20-42-18-8-15-33-27(38)11-4-3-10-26-30-25(24-45-26)35-31(41)36-30/h25-26,30H,3-24H2,1-2H3,(H,32,39)(H,33,38)(H,34,40)(H2,35,36,41)/t25-,26-,30-/m0/s1. The average Bonchev–Trinajstić information content (AvgIpc) is 3.56. The SMILES string of the molecule is CN(C)CCCCNC(=O)CCCC(=O)NCCCOCCOCCOCCCNC(=O)CCCC[C@@H]1SC[C@@H]2NC(=O)N[C@@H]21. The van der Waals surface area contributed by atoms with Crippen LogP contribution in [0.5, 0.6) is 0 Å². The summed E-state index contributed by atoms with van der Waals surface area (Å²) in [6.45, 7) is 5.91. The van der Waals surface area contributed by atoms with Crippen LogP contribution in [0.1, 0.15) is 70.6 Å². The predicted molar refractivity (Wildman–Crippen MR) is 176 cm³/mol. The zero-order valence-electron chi connectivity index (χ0n) is 27.5. The Hall–Kier alpha value is -2.13. The van der Waals surface area contributed by atoms with Gasteiger partial charge in [0.05, 0.1) is 38.5 Å². The summed E-state index contributed by atoms with van der Waals surface area (Å²) in [5, 5.41) is 15.1. The van der Waals surface area contributed by atoms with Crippen LogP contribution in [0.2, 0.25) is 0 Å². The van der Waals surface area contributed by atoms with E-state index in [-0.39, 0.29) is 35.8 Å². The Labute approximate surface area is 273 Å². The van der Waals surface area contributed by atoms with Crippen LogP contribution >= 0.6 is 11.8 Å². The van der Waals surface area contributed by atoms with Gasteiger partial charge in [0, 0.05) is 63.1 Å². The largest absolute Gasteiger partial charge is 0.379 e. The van der Waals surface area contributed by atoms with Gasteiger partial charge in [-0.25, -0.2) is 4.79 Å². The minimum absolute atomic E-state index is 0.00621. The Morgan fingerprint density at radius 3 is 1.82 bits per heavy atom. The fraction of sp³-hybridized carbons (Fsp3) is 0.871. The number of fused-ring (bicyclic) bond motifs is 1. The lowest BCUT2D eigenvalue weighted by molar-refractivity contribution is -0.123. The third-order valence-corrected chi connectivity index (χ3v) is 9.07. The topological polar surface area (TPSA) is 159 Å². The number of hydrogen-bond donors (Lipinski definition) is 5. The number of hydrogen-bond acceptors (Lipinski definition) is 9. The highest BCUT2D eigenvalue weighted by atomic mass is 32.2. The molecule has 2 aliphatic rings. The summed E-state index contributed by atoms with van der Waals surface area (Å²) in [4.78, 5) is 49.3. The highest BCUT2D eigenvalue weighted by Crippen LogP contribution is 2.33. The van der Waals surface area contributed by atoms with Crippen LogP contribution in [0.3, 0.4) is 0 Å². The second kappa shape index (κ2) is 25.0. The lowest BCUT2D eigenvalue weighted by atomic mass is 10.0. The van der Waals surface area contributed by atoms with Crippen LogP contribution in [0.15, 0.2) is 0 Å². The summed E-state index contributed by atoms with van der Waals surface area (Å²) in [6.07, 6.45) is 8.15. The van der Waals surface area contributed by atoms with Gasteiger partial charge in [-0.2, -0.15) is 11.8 Å². The van der Waals surface area contributed by atoms with E-state index < -0.39 is 0 Å². The summed E-state index contributed by atoms with van der Waals surface area (Å²) >= 11 is 1.91. The number of nitrogens with zero attached hydrogens (tertiary/aromatic N) is 1. The highest BCUT2D eigenvalue weighted by Gasteiger charge is 2.42. The molecule has 2 fully saturated rings. The van der Waals surface area contributed by atoms with Gasteiger partial charge in [-0.15, -0.1) is 0 Å². The van der Waals surface area contributed by atoms with E-state index in [1.54, 1.807) is 0 Å². The van der Waals surface area contributed by atoms with Crippen molar-refractivity contribution in [3.05, 3.63) is 0 Å². The van der Waals surface area contributed by atoms with Crippen LogP contribution in [0.4, 0.5) is 4.79 Å². The number of amides is 5. The van der Waals surface area contributed by atoms with Gasteiger partial charge < -0.3 is 45.7 Å². The van der Waals surface area contributed by atoms with Crippen molar-refractivity contribution in [1.82, 2.24) is 31.5 Å². The Kier molecular flexibility index (Phi) is 21.7. The summed E-state index contributed by atoms with van der Waals surface area (Å²) in [5.74, 6) is 1.01. The molecule has 0 aromatic rings. The minimum atomic E-state index is -0.0580. The molecule has 2 heterocycles. The maximum atomic E-state index is 12.0. The first kappa shape index (κ1) is 39.1. The van der Waals surface area contributed by atoms with Gasteiger partial charge in [0.2, 0.25) is 17.7 Å². The summed E-state index contributed by atoms with van der Waals surface area (Å²) < 4.78 is 16.6. The minimum Gasteiger partial charge on any atom is -0.379 e. The number of nitrogens with one attached hydrogen (secondary N) is 5. The number of carbonyl (C=O) groups excluding carboxylic acids is 4. The van der Waals surface area contributed by atoms with E-state index in [0.29, 0.717) is 90.2 Å². The molecule has 14 heteroatoms. The van der Waals surface area contributed by atoms with Gasteiger partial charge in [0.25, 0.3) is 0 Å². The molecule has 0 radical (unpaired) electrons. The molecule has 0 aromatic carbocycles. The lowest BCUT2D eigenvalue weighted by Gasteiger charge is -2.16. The summed E-state index contributed by atoms with van der Waals surface area (Å²) in [5.41, 5.74) is 0. The molecule has 45 heavy (non-hydrogen) atoms. The van der Waals surface area contributed by atoms with Crippen molar-refractivity contribution < 1.29 is 33.4 Å². The quantitative estimate of drug-likeness (QED) is 0.0619. The van der Waals surface area contributed by atoms with Gasteiger partial charge in [-0.05, 0) is 65.6 Å². The molecule has 0 saturated carbocycles. The molecule has 3 atom stereocenters. The van der Waals surface area contributed by atoms with Gasteiger partial charge >= 0.3 is 6.03 Å². The molecule has 0 unspecified atom stereocenters. The third-order valence-electron chi connectivity index (χ3n) is 7.56. The summed E-state index contributed by atoms with van der Waals surface area (Å²) in [6, 6.07) is 0.419. The van der Waals surface area contributed by atoms with Gasteiger partial charge in [-0.1, -0.05) is 6.42 Å². The molecule has 2 aliphatic heterocycles. The van der Waals surface area contributed by atoms with Crippen molar-refractivity contribution in [2.24, 2.45) is 0 Å². The second-order valence-corrected chi connectivity index (χ2v) is 13.1. The molecule has 5 amide bonds. The smallest absolute Gasteiger partial charge is 0.315 e. The van der Waals surface area contributed by atoms with Gasteiger partial charge in [-0.3, -0.25) is 14.4 Å². The molecule has 2 rings (SSSR count). The highest BCUT2D eigenvalue weighted by molar-refractivity contribution is 8.00. The van der Waals surface area contributed by atoms with Crippen molar-refractivity contribution in [3.63, 3.8) is 0 Å². The van der Waals surface area contributed by atoms with E-state index >= 15 is 0 Å². The first-order chi connectivity index (χ1) is 21.8. The Morgan fingerprint density at radius 1 is 0.711 bits per heavy atom. The van der Waals surface area contributed by atoms with Gasteiger partial charge in [0.1, 0.15) is 0 Å². The Bertz CT molecular complexity index is 853. The zero-order chi connectivity index (χ0) is 32.5.